The summed E-state index contributed by atoms with van der Waals surface area (Å²) in [6.45, 7) is 11.6. The minimum Gasteiger partial charge on any atom is -0.495 e. The molecule has 0 saturated carbocycles. The highest BCUT2D eigenvalue weighted by Gasteiger charge is 2.28. The summed E-state index contributed by atoms with van der Waals surface area (Å²) in [6, 6.07) is 5.61. The number of ether oxygens (including phenoxy) is 1. The van der Waals surface area contributed by atoms with Crippen molar-refractivity contribution in [1.82, 2.24) is 0 Å². The van der Waals surface area contributed by atoms with Crippen molar-refractivity contribution >= 4 is 29.2 Å². The van der Waals surface area contributed by atoms with E-state index in [4.69, 9.17) is 15.1 Å². The fourth-order valence-corrected chi connectivity index (χ4v) is 2.55. The third-order valence-electron chi connectivity index (χ3n) is 5.17. The molecule has 2 unspecified atom stereocenters. The highest BCUT2D eigenvalue weighted by atomic mass is 16.5. The van der Waals surface area contributed by atoms with Gasteiger partial charge in [0.05, 0.1) is 12.8 Å². The number of allylic oxidation sites excluding steroid dienone is 1. The Kier molecular flexibility index (Phi) is 9.59. The number of amides is 1. The van der Waals surface area contributed by atoms with Crippen molar-refractivity contribution in [3.63, 3.8) is 0 Å². The number of benzene rings is 1. The third-order valence-corrected chi connectivity index (χ3v) is 5.17. The molecule has 1 aromatic rings. The van der Waals surface area contributed by atoms with E-state index in [1.807, 2.05) is 52.2 Å². The van der Waals surface area contributed by atoms with E-state index >= 15 is 0 Å². The van der Waals surface area contributed by atoms with Crippen molar-refractivity contribution < 1.29 is 9.53 Å². The summed E-state index contributed by atoms with van der Waals surface area (Å²) in [4.78, 5) is 19.8. The number of rotatable bonds is 10. The number of hydrogen-bond acceptors (Lipinski definition) is 5. The van der Waals surface area contributed by atoms with Crippen LogP contribution in [0.1, 0.15) is 54.4 Å². The molecular formula is C23H36N4O2. The minimum atomic E-state index is -0.203. The molecule has 0 aliphatic carbocycles. The maximum absolute atomic E-state index is 13.5. The molecule has 0 saturated heterocycles. The zero-order valence-electron chi connectivity index (χ0n) is 19.1. The average molecular weight is 401 g/mol. The number of aliphatic imine (C=N–C) groups is 1. The maximum atomic E-state index is 13.5. The van der Waals surface area contributed by atoms with E-state index < -0.39 is 0 Å². The van der Waals surface area contributed by atoms with E-state index in [1.165, 1.54) is 0 Å². The molecule has 0 fully saturated rings. The van der Waals surface area contributed by atoms with Gasteiger partial charge >= 0.3 is 0 Å². The van der Waals surface area contributed by atoms with Gasteiger partial charge in [-0.3, -0.25) is 9.69 Å². The summed E-state index contributed by atoms with van der Waals surface area (Å²) in [5.74, 6) is 1.03. The van der Waals surface area contributed by atoms with Crippen LogP contribution >= 0.6 is 0 Å². The van der Waals surface area contributed by atoms with Gasteiger partial charge < -0.3 is 15.5 Å². The Labute approximate surface area is 175 Å². The van der Waals surface area contributed by atoms with Gasteiger partial charge in [0, 0.05) is 36.2 Å². The molecule has 1 amide bonds. The van der Waals surface area contributed by atoms with Crippen LogP contribution < -0.4 is 15.0 Å². The Balaban J connectivity index is 3.82. The lowest BCUT2D eigenvalue weighted by atomic mass is 10.1. The van der Waals surface area contributed by atoms with E-state index in [1.54, 1.807) is 18.9 Å². The monoisotopic (exact) mass is 400 g/mol. The Morgan fingerprint density at radius 1 is 1.28 bits per heavy atom. The van der Waals surface area contributed by atoms with E-state index in [2.05, 4.69) is 19.2 Å². The molecule has 0 radical (unpaired) electrons. The predicted octanol–water partition coefficient (Wildman–Crippen LogP) is 5.50. The second-order valence-corrected chi connectivity index (χ2v) is 7.36. The van der Waals surface area contributed by atoms with Gasteiger partial charge in [0.25, 0.3) is 0 Å². The van der Waals surface area contributed by atoms with Crippen LogP contribution in [0.15, 0.2) is 34.6 Å². The normalized spacial score (nSPS) is 14.2. The summed E-state index contributed by atoms with van der Waals surface area (Å²) >= 11 is 0. The first-order chi connectivity index (χ1) is 13.7. The lowest BCUT2D eigenvalue weighted by Gasteiger charge is -2.29. The van der Waals surface area contributed by atoms with Gasteiger partial charge in [-0.05, 0) is 50.8 Å². The first-order valence-corrected chi connectivity index (χ1v) is 10.2. The summed E-state index contributed by atoms with van der Waals surface area (Å²) in [7, 11) is 3.42. The Morgan fingerprint density at radius 2 is 1.93 bits per heavy atom. The van der Waals surface area contributed by atoms with Gasteiger partial charge in [-0.25, -0.2) is 4.99 Å². The number of methoxy groups -OCH3 is 1. The zero-order chi connectivity index (χ0) is 22.1. The van der Waals surface area contributed by atoms with Crippen LogP contribution in [-0.4, -0.2) is 32.0 Å². The van der Waals surface area contributed by atoms with Gasteiger partial charge in [0.2, 0.25) is 5.91 Å². The number of hydrogen-bond donors (Lipinski definition) is 2. The molecule has 1 aromatic carbocycles. The number of nitrogens with zero attached hydrogens (tertiary/aromatic N) is 2. The van der Waals surface area contributed by atoms with Crippen molar-refractivity contribution in [2.24, 2.45) is 16.8 Å². The van der Waals surface area contributed by atoms with Crippen LogP contribution in [0.4, 0.5) is 11.4 Å². The standard InChI is InChI=1S/C23H36N4O2/c1-9-15(3)14-26-22(17(5)18(6)24)27(23(28)16(4)10-2)20-13-19(25-7)11-12-21(20)29-8/h11-16,24-25H,9-10H2,1-8H3/b22-17+,24-18?,26-14?. The van der Waals surface area contributed by atoms with Gasteiger partial charge in [0.1, 0.15) is 11.6 Å². The summed E-state index contributed by atoms with van der Waals surface area (Å²) in [5.41, 5.74) is 2.49. The van der Waals surface area contributed by atoms with Crippen molar-refractivity contribution in [2.45, 2.75) is 54.4 Å². The SMILES string of the molecule is CCC(C)C=N/C(=C(/C)C(C)=N)N(C(=O)C(C)CC)c1cc(NC)ccc1OC. The van der Waals surface area contributed by atoms with Gasteiger partial charge in [-0.15, -0.1) is 0 Å². The molecule has 0 aromatic heterocycles. The molecule has 6 nitrogen and oxygen atoms in total. The topological polar surface area (TPSA) is 77.8 Å². The third kappa shape index (κ3) is 6.17. The van der Waals surface area contributed by atoms with Crippen LogP contribution in [0.2, 0.25) is 0 Å². The fraction of sp³-hybridized carbons (Fsp3) is 0.522. The molecule has 2 N–H and O–H groups in total. The predicted molar refractivity (Wildman–Crippen MR) is 124 cm³/mol. The Hall–Kier alpha value is -2.63. The first-order valence-electron chi connectivity index (χ1n) is 10.2. The summed E-state index contributed by atoms with van der Waals surface area (Å²) < 4.78 is 5.58. The quantitative estimate of drug-likeness (QED) is 0.509. The van der Waals surface area contributed by atoms with Crippen molar-refractivity contribution in [3.05, 3.63) is 29.6 Å². The molecule has 160 valence electrons. The Bertz CT molecular complexity index is 783. The number of nitrogens with one attached hydrogen (secondary N) is 2. The molecule has 0 heterocycles. The van der Waals surface area contributed by atoms with Crippen LogP contribution in [0.25, 0.3) is 0 Å². The molecule has 1 rings (SSSR count). The van der Waals surface area contributed by atoms with Crippen molar-refractivity contribution in [2.75, 3.05) is 24.4 Å². The lowest BCUT2D eigenvalue weighted by molar-refractivity contribution is -0.121. The molecule has 0 bridgehead atoms. The number of carbonyl (C=O) groups excluding carboxylic acids is 1. The van der Waals surface area contributed by atoms with E-state index in [9.17, 15) is 4.79 Å². The minimum absolute atomic E-state index is 0.0732. The van der Waals surface area contributed by atoms with Crippen molar-refractivity contribution in [3.8, 4) is 5.75 Å². The number of anilines is 2. The smallest absolute Gasteiger partial charge is 0.235 e. The van der Waals surface area contributed by atoms with Crippen LogP contribution in [0.5, 0.6) is 5.75 Å². The van der Waals surface area contributed by atoms with Crippen LogP contribution in [0.3, 0.4) is 0 Å². The molecule has 6 heteroatoms. The highest BCUT2D eigenvalue weighted by molar-refractivity contribution is 6.04. The molecule has 0 aliphatic rings. The first kappa shape index (κ1) is 24.4. The molecule has 0 spiro atoms. The van der Waals surface area contributed by atoms with Crippen LogP contribution in [-0.2, 0) is 4.79 Å². The van der Waals surface area contributed by atoms with Crippen LogP contribution in [0, 0.1) is 17.2 Å². The molecule has 2 atom stereocenters. The van der Waals surface area contributed by atoms with Gasteiger partial charge in [-0.2, -0.15) is 0 Å². The second kappa shape index (κ2) is 11.4. The lowest BCUT2D eigenvalue weighted by Crippen LogP contribution is -2.35. The summed E-state index contributed by atoms with van der Waals surface area (Å²) in [6.07, 6.45) is 3.50. The fourth-order valence-electron chi connectivity index (χ4n) is 2.55. The Morgan fingerprint density at radius 3 is 2.41 bits per heavy atom. The van der Waals surface area contributed by atoms with Gasteiger partial charge in [-0.1, -0.05) is 27.7 Å². The average Bonchev–Trinajstić information content (AvgIpc) is 2.74. The second-order valence-electron chi connectivity index (χ2n) is 7.36. The zero-order valence-corrected chi connectivity index (χ0v) is 19.1. The maximum Gasteiger partial charge on any atom is 0.235 e. The van der Waals surface area contributed by atoms with E-state index in [-0.39, 0.29) is 17.7 Å². The van der Waals surface area contributed by atoms with E-state index in [0.29, 0.717) is 35.0 Å². The van der Waals surface area contributed by atoms with E-state index in [0.717, 1.165) is 12.1 Å². The summed E-state index contributed by atoms with van der Waals surface area (Å²) in [5, 5.41) is 11.3. The van der Waals surface area contributed by atoms with Crippen molar-refractivity contribution in [1.29, 1.82) is 5.41 Å². The highest BCUT2D eigenvalue weighted by Crippen LogP contribution is 2.36. The van der Waals surface area contributed by atoms with Gasteiger partial charge in [0.15, 0.2) is 0 Å². The molecule has 29 heavy (non-hydrogen) atoms. The molecular weight excluding hydrogens is 364 g/mol. The largest absolute Gasteiger partial charge is 0.495 e. The number of carbonyl (C=O) groups is 1. The molecule has 0 aliphatic heterocycles.